The molecule has 0 aliphatic heterocycles. The standard InChI is InChI=1S/C13H11N3O3S2/c1-21(19)11-8-20-12(14-11)16-10-5-3-2-4-9(10)15(6-7-17)13(16)18/h2-5,7-8H,6H2,1H3. The minimum atomic E-state index is -1.20. The summed E-state index contributed by atoms with van der Waals surface area (Å²) in [5.41, 5.74) is 1.02. The van der Waals surface area contributed by atoms with E-state index in [9.17, 15) is 14.1 Å². The van der Waals surface area contributed by atoms with Gasteiger partial charge >= 0.3 is 5.69 Å². The number of carbonyl (C=O) groups is 1. The number of rotatable bonds is 4. The molecule has 6 nitrogen and oxygen atoms in total. The van der Waals surface area contributed by atoms with Gasteiger partial charge in [-0.15, -0.1) is 0 Å². The van der Waals surface area contributed by atoms with Crippen molar-refractivity contribution < 1.29 is 9.35 Å². The Labute approximate surface area is 126 Å². The van der Waals surface area contributed by atoms with Crippen molar-refractivity contribution in [2.75, 3.05) is 6.26 Å². The first kappa shape index (κ1) is 14.1. The Morgan fingerprint density at radius 3 is 2.71 bits per heavy atom. The van der Waals surface area contributed by atoms with Gasteiger partial charge in [0.2, 0.25) is 5.13 Å². The van der Waals surface area contributed by atoms with Gasteiger partial charge in [-0.2, -0.15) is 4.98 Å². The molecule has 0 aliphatic rings. The van der Waals surface area contributed by atoms with Gasteiger partial charge in [0.25, 0.3) is 5.03 Å². The monoisotopic (exact) mass is 321 g/mol. The molecule has 21 heavy (non-hydrogen) atoms. The van der Waals surface area contributed by atoms with Gasteiger partial charge in [0, 0.05) is 11.2 Å². The van der Waals surface area contributed by atoms with Crippen molar-refractivity contribution in [2.45, 2.75) is 11.6 Å². The van der Waals surface area contributed by atoms with E-state index in [0.29, 0.717) is 27.5 Å². The van der Waals surface area contributed by atoms with Crippen LogP contribution in [0.15, 0.2) is 39.5 Å². The van der Waals surface area contributed by atoms with Crippen LogP contribution >= 0.6 is 11.3 Å². The Morgan fingerprint density at radius 1 is 1.38 bits per heavy atom. The van der Waals surface area contributed by atoms with E-state index in [4.69, 9.17) is 0 Å². The molecule has 2 heterocycles. The number of aldehydes is 1. The lowest BCUT2D eigenvalue weighted by atomic mass is 10.3. The number of hydrogen-bond donors (Lipinski definition) is 0. The summed E-state index contributed by atoms with van der Waals surface area (Å²) in [5.74, 6) is 0. The van der Waals surface area contributed by atoms with E-state index in [1.807, 2.05) is 12.1 Å². The minimum absolute atomic E-state index is 0.00964. The molecule has 0 spiro atoms. The predicted molar refractivity (Wildman–Crippen MR) is 81.6 cm³/mol. The molecular formula is C13H11N3O3S2. The first-order chi connectivity index (χ1) is 10.1. The predicted octanol–water partition coefficient (Wildman–Crippen LogP) is 1.19. The van der Waals surface area contributed by atoms with E-state index in [0.717, 1.165) is 0 Å². The summed E-state index contributed by atoms with van der Waals surface area (Å²) >= 11 is 0.0507. The summed E-state index contributed by atoms with van der Waals surface area (Å²) in [5, 5.41) is 2.56. The highest BCUT2D eigenvalue weighted by Crippen LogP contribution is 2.22. The third kappa shape index (κ3) is 2.31. The Morgan fingerprint density at radius 2 is 2.10 bits per heavy atom. The van der Waals surface area contributed by atoms with E-state index in [2.05, 4.69) is 4.98 Å². The van der Waals surface area contributed by atoms with Crippen LogP contribution < -0.4 is 5.69 Å². The zero-order valence-corrected chi connectivity index (χ0v) is 12.7. The van der Waals surface area contributed by atoms with Gasteiger partial charge in [-0.05, 0) is 12.1 Å². The summed E-state index contributed by atoms with van der Waals surface area (Å²) in [6.07, 6.45) is 2.23. The lowest BCUT2D eigenvalue weighted by molar-refractivity contribution is -0.108. The van der Waals surface area contributed by atoms with Gasteiger partial charge in [-0.3, -0.25) is 4.57 Å². The molecule has 0 aliphatic carbocycles. The normalized spacial score (nSPS) is 12.7. The fraction of sp³-hybridized carbons (Fsp3) is 0.154. The molecule has 108 valence electrons. The lowest BCUT2D eigenvalue weighted by Gasteiger charge is -1.98. The number of para-hydroxylation sites is 2. The molecule has 1 unspecified atom stereocenters. The first-order valence-corrected chi connectivity index (χ1v) is 8.50. The largest absolute Gasteiger partial charge is 0.610 e. The summed E-state index contributed by atoms with van der Waals surface area (Å²) in [7, 11) is 0. The smallest absolute Gasteiger partial charge is 0.335 e. The highest BCUT2D eigenvalue weighted by Gasteiger charge is 2.18. The molecule has 1 aromatic carbocycles. The van der Waals surface area contributed by atoms with Crippen LogP contribution in [-0.4, -0.2) is 31.2 Å². The molecule has 0 bridgehead atoms. The van der Waals surface area contributed by atoms with Crippen LogP contribution in [0.4, 0.5) is 0 Å². The van der Waals surface area contributed by atoms with Crippen molar-refractivity contribution in [2.24, 2.45) is 0 Å². The van der Waals surface area contributed by atoms with Crippen molar-refractivity contribution in [3.05, 3.63) is 40.1 Å². The summed E-state index contributed by atoms with van der Waals surface area (Å²) in [4.78, 5) is 27.5. The number of benzene rings is 1. The van der Waals surface area contributed by atoms with Crippen LogP contribution in [-0.2, 0) is 22.5 Å². The number of hydrogen-bond acceptors (Lipinski definition) is 5. The maximum Gasteiger partial charge on any atom is 0.335 e. The van der Waals surface area contributed by atoms with Crippen molar-refractivity contribution in [1.82, 2.24) is 14.1 Å². The van der Waals surface area contributed by atoms with E-state index >= 15 is 0 Å². The second-order valence-electron chi connectivity index (χ2n) is 4.31. The highest BCUT2D eigenvalue weighted by atomic mass is 32.2. The third-order valence-corrected chi connectivity index (χ3v) is 4.82. The van der Waals surface area contributed by atoms with Gasteiger partial charge < -0.3 is 9.35 Å². The maximum absolute atomic E-state index is 12.5. The highest BCUT2D eigenvalue weighted by molar-refractivity contribution is 7.90. The van der Waals surface area contributed by atoms with Crippen molar-refractivity contribution in [3.63, 3.8) is 0 Å². The average Bonchev–Trinajstić information content (AvgIpc) is 3.04. The van der Waals surface area contributed by atoms with Gasteiger partial charge in [-0.1, -0.05) is 23.5 Å². The molecule has 2 aromatic heterocycles. The molecule has 1 atom stereocenters. The second kappa shape index (κ2) is 5.47. The number of aromatic nitrogens is 3. The Kier molecular flexibility index (Phi) is 3.66. The van der Waals surface area contributed by atoms with Crippen molar-refractivity contribution in [3.8, 4) is 5.13 Å². The van der Waals surface area contributed by atoms with Crippen molar-refractivity contribution in [1.29, 1.82) is 0 Å². The molecule has 0 radical (unpaired) electrons. The number of thiazole rings is 1. The molecular weight excluding hydrogens is 310 g/mol. The number of nitrogens with zero attached hydrogens (tertiary/aromatic N) is 3. The second-order valence-corrected chi connectivity index (χ2v) is 6.47. The molecule has 3 aromatic rings. The molecule has 0 saturated heterocycles. The lowest BCUT2D eigenvalue weighted by Crippen LogP contribution is -2.23. The van der Waals surface area contributed by atoms with Gasteiger partial charge in [0.05, 0.1) is 23.0 Å². The van der Waals surface area contributed by atoms with Crippen LogP contribution in [0.5, 0.6) is 0 Å². The van der Waals surface area contributed by atoms with Gasteiger partial charge in [-0.25, -0.2) is 9.36 Å². The quantitative estimate of drug-likeness (QED) is 0.534. The number of carbonyl (C=O) groups excluding carboxylic acids is 1. The minimum Gasteiger partial charge on any atom is -0.610 e. The van der Waals surface area contributed by atoms with Crippen LogP contribution in [0.2, 0.25) is 0 Å². The fourth-order valence-electron chi connectivity index (χ4n) is 2.13. The fourth-order valence-corrected chi connectivity index (χ4v) is 3.78. The van der Waals surface area contributed by atoms with Crippen molar-refractivity contribution >= 4 is 39.8 Å². The van der Waals surface area contributed by atoms with Crippen LogP contribution in [0.3, 0.4) is 0 Å². The summed E-state index contributed by atoms with van der Waals surface area (Å²) in [6, 6.07) is 7.20. The van der Waals surface area contributed by atoms with Crippen LogP contribution in [0, 0.1) is 0 Å². The molecule has 8 heteroatoms. The maximum atomic E-state index is 12.5. The molecule has 0 saturated carbocycles. The van der Waals surface area contributed by atoms with E-state index in [1.54, 1.807) is 17.5 Å². The van der Waals surface area contributed by atoms with E-state index in [1.165, 1.54) is 26.7 Å². The first-order valence-electron chi connectivity index (χ1n) is 6.06. The molecule has 0 amide bonds. The van der Waals surface area contributed by atoms with Gasteiger partial charge in [0.1, 0.15) is 12.5 Å². The van der Waals surface area contributed by atoms with Gasteiger partial charge in [0.15, 0.2) is 0 Å². The topological polar surface area (TPSA) is 80.0 Å². The van der Waals surface area contributed by atoms with E-state index < -0.39 is 11.2 Å². The van der Waals surface area contributed by atoms with E-state index in [-0.39, 0.29) is 12.2 Å². The summed E-state index contributed by atoms with van der Waals surface area (Å²) < 4.78 is 14.3. The molecule has 3 rings (SSSR count). The Bertz CT molecular complexity index is 863. The third-order valence-electron chi connectivity index (χ3n) is 3.05. The Hall–Kier alpha value is -1.90. The number of fused-ring (bicyclic) bond motifs is 1. The Balaban J connectivity index is 2.28. The SMILES string of the molecule is C[S+]([O-])c1csc(-n2c(=O)n(CC=O)c3ccccc32)n1. The molecule has 0 fully saturated rings. The van der Waals surface area contributed by atoms with Crippen LogP contribution in [0.25, 0.3) is 16.2 Å². The summed E-state index contributed by atoms with van der Waals surface area (Å²) in [6.45, 7) is -0.00964. The zero-order valence-electron chi connectivity index (χ0n) is 11.1. The van der Waals surface area contributed by atoms with Crippen LogP contribution in [0.1, 0.15) is 0 Å². The molecule has 0 N–H and O–H groups in total. The zero-order chi connectivity index (χ0) is 15.0. The average molecular weight is 321 g/mol. The number of imidazole rings is 1.